The van der Waals surface area contributed by atoms with Crippen LogP contribution < -0.4 is 14.8 Å². The van der Waals surface area contributed by atoms with E-state index in [1.165, 1.54) is 11.3 Å². The lowest BCUT2D eigenvalue weighted by Crippen LogP contribution is -2.29. The molecule has 0 saturated heterocycles. The highest BCUT2D eigenvalue weighted by Crippen LogP contribution is 2.40. The fourth-order valence-corrected chi connectivity index (χ4v) is 4.68. The van der Waals surface area contributed by atoms with E-state index in [0.717, 1.165) is 32.5 Å². The van der Waals surface area contributed by atoms with Crippen LogP contribution in [0.2, 0.25) is 0 Å². The molecule has 2 aromatic heterocycles. The van der Waals surface area contributed by atoms with Gasteiger partial charge in [-0.05, 0) is 41.6 Å². The Labute approximate surface area is 179 Å². The largest absolute Gasteiger partial charge is 0.493 e. The van der Waals surface area contributed by atoms with Crippen molar-refractivity contribution in [3.63, 3.8) is 0 Å². The number of nitrogens with one attached hydrogen (secondary N) is 2. The van der Waals surface area contributed by atoms with Crippen LogP contribution in [-0.2, 0) is 0 Å². The molecule has 1 amide bonds. The number of para-hydroxylation sites is 2. The van der Waals surface area contributed by atoms with Gasteiger partial charge >= 0.3 is 0 Å². The molecule has 6 heteroatoms. The number of hydrogen-bond donors (Lipinski definition) is 2. The van der Waals surface area contributed by atoms with Gasteiger partial charge in [0, 0.05) is 35.1 Å². The zero-order chi connectivity index (χ0) is 21.1. The fraction of sp³-hybridized carbons (Fsp3) is 0.208. The first-order chi connectivity index (χ1) is 14.6. The minimum Gasteiger partial charge on any atom is -0.493 e. The van der Waals surface area contributed by atoms with E-state index in [-0.39, 0.29) is 11.8 Å². The van der Waals surface area contributed by atoms with Crippen molar-refractivity contribution in [1.82, 2.24) is 10.3 Å². The minimum atomic E-state index is -0.115. The van der Waals surface area contributed by atoms with Crippen molar-refractivity contribution in [3.8, 4) is 11.5 Å². The number of benzene rings is 2. The van der Waals surface area contributed by atoms with Crippen molar-refractivity contribution < 1.29 is 14.3 Å². The molecule has 0 aliphatic rings. The van der Waals surface area contributed by atoms with Gasteiger partial charge in [-0.3, -0.25) is 4.79 Å². The van der Waals surface area contributed by atoms with E-state index in [9.17, 15) is 4.79 Å². The second-order valence-corrected chi connectivity index (χ2v) is 7.98. The van der Waals surface area contributed by atoms with Gasteiger partial charge in [0.05, 0.1) is 19.1 Å². The van der Waals surface area contributed by atoms with Gasteiger partial charge in [-0.1, -0.05) is 30.3 Å². The molecule has 2 aromatic carbocycles. The summed E-state index contributed by atoms with van der Waals surface area (Å²) in [4.78, 5) is 16.9. The summed E-state index contributed by atoms with van der Waals surface area (Å²) in [6, 6.07) is 16.0. The van der Waals surface area contributed by atoms with Gasteiger partial charge in [-0.2, -0.15) is 0 Å². The molecule has 1 unspecified atom stereocenters. The number of H-pyrrole nitrogens is 1. The molecule has 5 nitrogen and oxygen atoms in total. The number of aromatic amines is 1. The second-order valence-electron chi connectivity index (χ2n) is 7.07. The van der Waals surface area contributed by atoms with Crippen LogP contribution in [0.25, 0.3) is 10.9 Å². The minimum absolute atomic E-state index is 0.0609. The van der Waals surface area contributed by atoms with Crippen molar-refractivity contribution in [2.75, 3.05) is 20.8 Å². The number of carbonyl (C=O) groups excluding carboxylic acids is 1. The summed E-state index contributed by atoms with van der Waals surface area (Å²) in [5.74, 6) is 1.17. The Morgan fingerprint density at radius 3 is 2.63 bits per heavy atom. The molecule has 0 aliphatic heterocycles. The number of hydrogen-bond acceptors (Lipinski definition) is 4. The van der Waals surface area contributed by atoms with Gasteiger partial charge in [0.15, 0.2) is 11.5 Å². The molecule has 0 bridgehead atoms. The molecule has 30 heavy (non-hydrogen) atoms. The van der Waals surface area contributed by atoms with E-state index in [0.29, 0.717) is 18.0 Å². The third kappa shape index (κ3) is 3.66. The average Bonchev–Trinajstić information content (AvgIpc) is 3.40. The molecule has 0 aliphatic carbocycles. The molecule has 4 aromatic rings. The molecule has 0 fully saturated rings. The smallest absolute Gasteiger partial charge is 0.261 e. The summed E-state index contributed by atoms with van der Waals surface area (Å²) in [7, 11) is 3.27. The van der Waals surface area contributed by atoms with Crippen molar-refractivity contribution in [3.05, 3.63) is 81.7 Å². The van der Waals surface area contributed by atoms with Crippen molar-refractivity contribution in [1.29, 1.82) is 0 Å². The number of carbonyl (C=O) groups is 1. The van der Waals surface area contributed by atoms with Crippen LogP contribution in [0.5, 0.6) is 11.5 Å². The van der Waals surface area contributed by atoms with Gasteiger partial charge in [-0.15, -0.1) is 11.3 Å². The summed E-state index contributed by atoms with van der Waals surface area (Å²) in [6.45, 7) is 2.38. The summed E-state index contributed by atoms with van der Waals surface area (Å²) in [5.41, 5.74) is 4.10. The van der Waals surface area contributed by atoms with Crippen molar-refractivity contribution >= 4 is 28.1 Å². The monoisotopic (exact) mass is 420 g/mol. The molecule has 4 rings (SSSR count). The number of thiophene rings is 1. The highest BCUT2D eigenvalue weighted by Gasteiger charge is 2.24. The Morgan fingerprint density at radius 2 is 1.90 bits per heavy atom. The van der Waals surface area contributed by atoms with Crippen molar-refractivity contribution in [2.24, 2.45) is 0 Å². The molecule has 0 spiro atoms. The molecule has 0 radical (unpaired) electrons. The first kappa shape index (κ1) is 20.0. The van der Waals surface area contributed by atoms with Crippen LogP contribution >= 0.6 is 11.3 Å². The van der Waals surface area contributed by atoms with Crippen LogP contribution in [-0.4, -0.2) is 31.7 Å². The number of rotatable bonds is 7. The molecule has 0 saturated carbocycles. The van der Waals surface area contributed by atoms with Crippen LogP contribution in [0.3, 0.4) is 0 Å². The van der Waals surface area contributed by atoms with Crippen LogP contribution in [0, 0.1) is 6.92 Å². The van der Waals surface area contributed by atoms with Gasteiger partial charge in [0.2, 0.25) is 0 Å². The number of amides is 1. The first-order valence-electron chi connectivity index (χ1n) is 9.73. The van der Waals surface area contributed by atoms with Crippen LogP contribution in [0.4, 0.5) is 0 Å². The van der Waals surface area contributed by atoms with Crippen LogP contribution in [0.15, 0.2) is 60.1 Å². The van der Waals surface area contributed by atoms with E-state index in [4.69, 9.17) is 9.47 Å². The number of aromatic nitrogens is 1. The quantitative estimate of drug-likeness (QED) is 0.436. The lowest BCUT2D eigenvalue weighted by atomic mass is 9.89. The van der Waals surface area contributed by atoms with Gasteiger partial charge in [0.25, 0.3) is 5.91 Å². The van der Waals surface area contributed by atoms with E-state index in [1.807, 2.05) is 61.0 Å². The summed E-state index contributed by atoms with van der Waals surface area (Å²) in [6.07, 6.45) is 2.01. The number of methoxy groups -OCH3 is 2. The molecule has 1 atom stereocenters. The maximum absolute atomic E-state index is 12.8. The predicted molar refractivity (Wildman–Crippen MR) is 121 cm³/mol. The maximum Gasteiger partial charge on any atom is 0.261 e. The molecule has 2 heterocycles. The normalized spacial score (nSPS) is 12.0. The van der Waals surface area contributed by atoms with E-state index in [2.05, 4.69) is 16.4 Å². The third-order valence-corrected chi connectivity index (χ3v) is 6.36. The SMILES string of the molecule is COc1cccc(C(CNC(=O)c2sccc2C)c2c[nH]c3ccccc23)c1OC. The lowest BCUT2D eigenvalue weighted by molar-refractivity contribution is 0.0956. The highest BCUT2D eigenvalue weighted by molar-refractivity contribution is 7.12. The van der Waals surface area contributed by atoms with Gasteiger partial charge < -0.3 is 19.8 Å². The van der Waals surface area contributed by atoms with E-state index < -0.39 is 0 Å². The topological polar surface area (TPSA) is 63.3 Å². The third-order valence-electron chi connectivity index (χ3n) is 5.34. The Morgan fingerprint density at radius 1 is 1.07 bits per heavy atom. The molecule has 154 valence electrons. The zero-order valence-electron chi connectivity index (χ0n) is 17.2. The fourth-order valence-electron chi connectivity index (χ4n) is 3.84. The zero-order valence-corrected chi connectivity index (χ0v) is 18.0. The number of ether oxygens (including phenoxy) is 2. The Kier molecular flexibility index (Phi) is 5.77. The second kappa shape index (κ2) is 8.63. The predicted octanol–water partition coefficient (Wildman–Crippen LogP) is 5.12. The lowest BCUT2D eigenvalue weighted by Gasteiger charge is -2.22. The van der Waals surface area contributed by atoms with Gasteiger partial charge in [-0.25, -0.2) is 0 Å². The number of fused-ring (bicyclic) bond motifs is 1. The summed E-state index contributed by atoms with van der Waals surface area (Å²) >= 11 is 1.46. The van der Waals surface area contributed by atoms with Crippen LogP contribution in [0.1, 0.15) is 32.3 Å². The van der Waals surface area contributed by atoms with E-state index >= 15 is 0 Å². The highest BCUT2D eigenvalue weighted by atomic mass is 32.1. The number of aryl methyl sites for hydroxylation is 1. The first-order valence-corrected chi connectivity index (χ1v) is 10.6. The Bertz CT molecular complexity index is 1180. The average molecular weight is 421 g/mol. The summed E-state index contributed by atoms with van der Waals surface area (Å²) in [5, 5.41) is 6.18. The maximum atomic E-state index is 12.8. The van der Waals surface area contributed by atoms with E-state index in [1.54, 1.807) is 14.2 Å². The van der Waals surface area contributed by atoms with Crippen molar-refractivity contribution in [2.45, 2.75) is 12.8 Å². The van der Waals surface area contributed by atoms with Gasteiger partial charge in [0.1, 0.15) is 0 Å². The molecular weight excluding hydrogens is 396 g/mol. The Balaban J connectivity index is 1.76. The standard InChI is InChI=1S/C24H24N2O3S/c1-15-11-12-30-23(15)24(27)26-14-19(17-8-6-10-21(28-2)22(17)29-3)18-13-25-20-9-5-4-7-16(18)20/h4-13,19,25H,14H2,1-3H3,(H,26,27). The Hall–Kier alpha value is -3.25. The molecular formula is C24H24N2O3S. The summed E-state index contributed by atoms with van der Waals surface area (Å²) < 4.78 is 11.2. The molecule has 2 N–H and O–H groups in total.